The Morgan fingerprint density at radius 2 is 1.23 bits per heavy atom. The number of aryl methyl sites for hydroxylation is 1. The van der Waals surface area contributed by atoms with Crippen molar-refractivity contribution in [3.63, 3.8) is 0 Å². The summed E-state index contributed by atoms with van der Waals surface area (Å²) in [5, 5.41) is 0. The summed E-state index contributed by atoms with van der Waals surface area (Å²) in [6.45, 7) is 33.4. The molecule has 0 bridgehead atoms. The molecular weight excluding hydrogens is 516 g/mol. The third-order valence-corrected chi connectivity index (χ3v) is 5.38. The largest absolute Gasteiger partial charge is 0.106 e. The molecule has 0 amide bonds. The number of hydrogen-bond donors (Lipinski definition) is 0. The number of allylic oxidation sites excluding steroid dienone is 10. The second-order valence-corrected chi connectivity index (χ2v) is 9.00. The Morgan fingerprint density at radius 1 is 0.744 bits per heavy atom. The minimum atomic E-state index is 0.659. The lowest BCUT2D eigenvalue weighted by molar-refractivity contribution is 0.867. The third kappa shape index (κ3) is 27.5. The van der Waals surface area contributed by atoms with Crippen LogP contribution in [0.3, 0.4) is 0 Å². The Morgan fingerprint density at radius 3 is 1.60 bits per heavy atom. The van der Waals surface area contributed by atoms with Crippen LogP contribution in [0, 0.1) is 6.92 Å². The van der Waals surface area contributed by atoms with Crippen molar-refractivity contribution in [2.45, 2.75) is 60.3 Å². The normalized spacial score (nSPS) is 9.60. The van der Waals surface area contributed by atoms with Gasteiger partial charge in [-0.15, -0.1) is 13.2 Å². The van der Waals surface area contributed by atoms with Crippen molar-refractivity contribution >= 4 is 5.57 Å². The molecule has 0 atom stereocenters. The van der Waals surface area contributed by atoms with Crippen molar-refractivity contribution in [2.75, 3.05) is 0 Å². The predicted octanol–water partition coefficient (Wildman–Crippen LogP) is 13.7. The van der Waals surface area contributed by atoms with Crippen LogP contribution >= 0.6 is 0 Å². The molecular formula is C43H58. The quantitative estimate of drug-likeness (QED) is 0.176. The van der Waals surface area contributed by atoms with Gasteiger partial charge in [-0.3, -0.25) is 0 Å². The smallest absolute Gasteiger partial charge is 0.0219 e. The molecule has 0 unspecified atom stereocenters. The average Bonchev–Trinajstić information content (AvgIpc) is 3.07. The summed E-state index contributed by atoms with van der Waals surface area (Å²) >= 11 is 0. The fraction of sp³-hybridized carbons (Fsp3) is 0.209. The molecule has 0 N–H and O–H groups in total. The molecule has 0 spiro atoms. The topological polar surface area (TPSA) is 0 Å². The van der Waals surface area contributed by atoms with E-state index in [1.54, 1.807) is 18.2 Å². The Kier molecular flexibility index (Phi) is 33.8. The van der Waals surface area contributed by atoms with E-state index in [4.69, 9.17) is 0 Å². The van der Waals surface area contributed by atoms with Crippen LogP contribution in [0.1, 0.15) is 70.1 Å². The molecule has 0 aromatic heterocycles. The van der Waals surface area contributed by atoms with Gasteiger partial charge in [0, 0.05) is 0 Å². The minimum Gasteiger partial charge on any atom is -0.106 e. The molecule has 0 heteroatoms. The second kappa shape index (κ2) is 33.8. The molecule has 0 saturated carbocycles. The zero-order chi connectivity index (χ0) is 33.1. The summed E-state index contributed by atoms with van der Waals surface area (Å²) in [4.78, 5) is 0. The molecule has 230 valence electrons. The van der Waals surface area contributed by atoms with Gasteiger partial charge in [0.2, 0.25) is 0 Å². The van der Waals surface area contributed by atoms with E-state index in [0.29, 0.717) is 5.92 Å². The van der Waals surface area contributed by atoms with Crippen molar-refractivity contribution in [1.29, 1.82) is 0 Å². The van der Waals surface area contributed by atoms with Gasteiger partial charge in [0.25, 0.3) is 0 Å². The number of rotatable bonds is 9. The van der Waals surface area contributed by atoms with Gasteiger partial charge in [-0.05, 0) is 54.9 Å². The monoisotopic (exact) mass is 574 g/mol. The maximum Gasteiger partial charge on any atom is -0.0219 e. The summed E-state index contributed by atoms with van der Waals surface area (Å²) in [5.41, 5.74) is 6.24. The molecule has 0 heterocycles. The van der Waals surface area contributed by atoms with E-state index in [1.165, 1.54) is 22.3 Å². The molecule has 0 aliphatic rings. The van der Waals surface area contributed by atoms with Gasteiger partial charge < -0.3 is 0 Å². The number of hydrogen-bond acceptors (Lipinski definition) is 0. The second-order valence-electron chi connectivity index (χ2n) is 9.00. The minimum absolute atomic E-state index is 0.659. The van der Waals surface area contributed by atoms with Crippen LogP contribution in [-0.2, 0) is 0 Å². The summed E-state index contributed by atoms with van der Waals surface area (Å²) in [5.74, 6) is 0.659. The van der Waals surface area contributed by atoms with Gasteiger partial charge >= 0.3 is 0 Å². The fourth-order valence-corrected chi connectivity index (χ4v) is 3.13. The lowest BCUT2D eigenvalue weighted by atomic mass is 10.0. The van der Waals surface area contributed by atoms with Crippen LogP contribution < -0.4 is 0 Å². The first kappa shape index (κ1) is 43.0. The fourth-order valence-electron chi connectivity index (χ4n) is 3.13. The highest BCUT2D eigenvalue weighted by atomic mass is 14.0. The van der Waals surface area contributed by atoms with Crippen molar-refractivity contribution in [2.24, 2.45) is 0 Å². The first-order valence-corrected chi connectivity index (χ1v) is 15.0. The van der Waals surface area contributed by atoms with E-state index in [2.05, 4.69) is 115 Å². The first-order valence-electron chi connectivity index (χ1n) is 15.0. The molecule has 3 aromatic carbocycles. The van der Waals surface area contributed by atoms with E-state index in [0.717, 1.165) is 18.4 Å². The molecule has 0 nitrogen and oxygen atoms in total. The van der Waals surface area contributed by atoms with Crippen LogP contribution in [0.2, 0.25) is 0 Å². The average molecular weight is 575 g/mol. The molecule has 3 aromatic rings. The van der Waals surface area contributed by atoms with Gasteiger partial charge in [-0.2, -0.15) is 0 Å². The lowest BCUT2D eigenvalue weighted by Crippen LogP contribution is -1.83. The van der Waals surface area contributed by atoms with Crippen LogP contribution in [0.5, 0.6) is 0 Å². The molecule has 0 fully saturated rings. The van der Waals surface area contributed by atoms with Gasteiger partial charge in [0.15, 0.2) is 0 Å². The van der Waals surface area contributed by atoms with Gasteiger partial charge in [-0.25, -0.2) is 0 Å². The van der Waals surface area contributed by atoms with Gasteiger partial charge in [0.1, 0.15) is 0 Å². The summed E-state index contributed by atoms with van der Waals surface area (Å²) < 4.78 is 0. The summed E-state index contributed by atoms with van der Waals surface area (Å²) in [6.07, 6.45) is 17.3. The predicted molar refractivity (Wildman–Crippen MR) is 202 cm³/mol. The zero-order valence-electron chi connectivity index (χ0n) is 28.0. The maximum atomic E-state index is 4.09. The summed E-state index contributed by atoms with van der Waals surface area (Å²) in [7, 11) is 0. The third-order valence-electron chi connectivity index (χ3n) is 5.38. The lowest BCUT2D eigenvalue weighted by Gasteiger charge is -2.04. The van der Waals surface area contributed by atoms with E-state index in [-0.39, 0.29) is 0 Å². The molecule has 0 radical (unpaired) electrons. The molecule has 0 aliphatic heterocycles. The SMILES string of the molecule is C=C.C=C/C=C(C=C)\C=C/C.C=C/C=C\CCC(=C)c1ccc(C)cc1.CC.CC(C)c1ccccc1.c1ccccc1. The van der Waals surface area contributed by atoms with Crippen molar-refractivity contribution in [3.05, 3.63) is 201 Å². The van der Waals surface area contributed by atoms with Crippen LogP contribution in [0.25, 0.3) is 5.57 Å². The van der Waals surface area contributed by atoms with Gasteiger partial charge in [0.05, 0.1) is 0 Å². The van der Waals surface area contributed by atoms with Gasteiger partial charge in [-0.1, -0.05) is 199 Å². The Hall–Kier alpha value is -4.42. The van der Waals surface area contributed by atoms with Crippen molar-refractivity contribution in [1.82, 2.24) is 0 Å². The Bertz CT molecular complexity index is 1110. The first-order chi connectivity index (χ1) is 20.9. The van der Waals surface area contributed by atoms with Crippen LogP contribution in [-0.4, -0.2) is 0 Å². The van der Waals surface area contributed by atoms with E-state index < -0.39 is 0 Å². The van der Waals surface area contributed by atoms with E-state index in [9.17, 15) is 0 Å². The molecule has 0 aliphatic carbocycles. The maximum absolute atomic E-state index is 4.09. The van der Waals surface area contributed by atoms with Crippen LogP contribution in [0.4, 0.5) is 0 Å². The highest BCUT2D eigenvalue weighted by Gasteiger charge is 1.97. The van der Waals surface area contributed by atoms with E-state index >= 15 is 0 Å². The Balaban J connectivity index is -0.000000499. The molecule has 3 rings (SSSR count). The zero-order valence-corrected chi connectivity index (χ0v) is 28.0. The number of benzene rings is 3. The molecule has 43 heavy (non-hydrogen) atoms. The summed E-state index contributed by atoms with van der Waals surface area (Å²) in [6, 6.07) is 31.0. The Labute approximate surface area is 266 Å². The van der Waals surface area contributed by atoms with Crippen LogP contribution in [0.15, 0.2) is 185 Å². The van der Waals surface area contributed by atoms with E-state index in [1.807, 2.05) is 87.5 Å². The standard InChI is InChI=1S/C15H18.2C9H12.C6H6.C2H6.C2H4/c1-4-5-6-7-8-14(3)15-11-9-13(2)10-12-15;1-8(2)9-6-4-3-5-7-9;1-4-7-9(6-3)8-5-2;1-2-4-6-5-3-1;2*1-2/h4-6,9-12H,1,3,7-8H2,2H3;3-8H,1-2H3;4-8H,1,3H2,2H3;1-6H;1-2H3;1-2H2/b6-5-;;8-5-,9-7-;;;. The molecule has 0 saturated heterocycles. The highest BCUT2D eigenvalue weighted by Crippen LogP contribution is 2.18. The van der Waals surface area contributed by atoms with Crippen molar-refractivity contribution in [3.8, 4) is 0 Å². The van der Waals surface area contributed by atoms with Crippen molar-refractivity contribution < 1.29 is 0 Å². The highest BCUT2D eigenvalue weighted by molar-refractivity contribution is 5.63.